The van der Waals surface area contributed by atoms with Gasteiger partial charge in [-0.1, -0.05) is 66.6 Å². The van der Waals surface area contributed by atoms with Crippen LogP contribution in [0.3, 0.4) is 0 Å². The van der Waals surface area contributed by atoms with Crippen LogP contribution in [-0.2, 0) is 0 Å². The fourth-order valence-corrected chi connectivity index (χ4v) is 2.11. The lowest BCUT2D eigenvalue weighted by molar-refractivity contribution is 0.220. The molecule has 0 bridgehead atoms. The van der Waals surface area contributed by atoms with Gasteiger partial charge in [-0.15, -0.1) is 0 Å². The minimum atomic E-state index is 0.477. The summed E-state index contributed by atoms with van der Waals surface area (Å²) in [5, 5.41) is 0. The van der Waals surface area contributed by atoms with Gasteiger partial charge in [-0.2, -0.15) is 0 Å². The second-order valence-corrected chi connectivity index (χ2v) is 6.03. The van der Waals surface area contributed by atoms with Crippen LogP contribution in [0.1, 0.15) is 60.8 Å². The Labute approximate surface area is 85.9 Å². The van der Waals surface area contributed by atoms with Crippen molar-refractivity contribution in [1.29, 1.82) is 0 Å². The molecule has 0 aliphatic heterocycles. The monoisotopic (exact) mass is 182 g/mol. The summed E-state index contributed by atoms with van der Waals surface area (Å²) >= 11 is 0. The van der Waals surface area contributed by atoms with E-state index in [9.17, 15) is 0 Å². The Morgan fingerprint density at radius 2 is 1.38 bits per heavy atom. The van der Waals surface area contributed by atoms with E-state index in [2.05, 4.69) is 49.4 Å². The van der Waals surface area contributed by atoms with Gasteiger partial charge in [0.2, 0.25) is 0 Å². The maximum Gasteiger partial charge on any atom is 0.106 e. The molecule has 1 atom stereocenters. The molecule has 0 spiro atoms. The number of hydrogen-bond donors (Lipinski definition) is 0. The van der Waals surface area contributed by atoms with Gasteiger partial charge in [0.25, 0.3) is 0 Å². The lowest BCUT2D eigenvalue weighted by Gasteiger charge is -2.37. The normalized spacial score (nSPS) is 15.8. The highest BCUT2D eigenvalue weighted by molar-refractivity contribution is 6.12. The van der Waals surface area contributed by atoms with Crippen molar-refractivity contribution in [3.63, 3.8) is 0 Å². The van der Waals surface area contributed by atoms with Crippen LogP contribution in [0.2, 0.25) is 5.82 Å². The zero-order chi connectivity index (χ0) is 10.7. The molecule has 0 fully saturated rings. The van der Waals surface area contributed by atoms with E-state index in [1.54, 1.807) is 0 Å². The molecule has 0 aromatic rings. The summed E-state index contributed by atoms with van der Waals surface area (Å²) in [6, 6.07) is 0. The Balaban J connectivity index is 4.31. The van der Waals surface area contributed by atoms with E-state index in [-0.39, 0.29) is 0 Å². The summed E-state index contributed by atoms with van der Waals surface area (Å²) in [6.45, 7) is 14.1. The van der Waals surface area contributed by atoms with Crippen LogP contribution >= 0.6 is 0 Å². The molecule has 13 heavy (non-hydrogen) atoms. The molecule has 1 unspecified atom stereocenters. The van der Waals surface area contributed by atoms with Crippen LogP contribution < -0.4 is 0 Å². The molecule has 0 aromatic heterocycles. The lowest BCUT2D eigenvalue weighted by atomic mass is 9.59. The second-order valence-electron chi connectivity index (χ2n) is 6.03. The predicted molar refractivity (Wildman–Crippen MR) is 65.1 cm³/mol. The molecule has 0 rings (SSSR count). The van der Waals surface area contributed by atoms with Gasteiger partial charge in [-0.3, -0.25) is 0 Å². The summed E-state index contributed by atoms with van der Waals surface area (Å²) in [4.78, 5) is 0. The minimum absolute atomic E-state index is 0.477. The summed E-state index contributed by atoms with van der Waals surface area (Å²) in [6.07, 6.45) is 3.95. The van der Waals surface area contributed by atoms with E-state index < -0.39 is 0 Å². The Kier molecular flexibility index (Phi) is 4.55. The van der Waals surface area contributed by atoms with Crippen LogP contribution in [0, 0.1) is 10.8 Å². The highest BCUT2D eigenvalue weighted by atomic mass is 14.3. The molecule has 78 valence electrons. The second kappa shape index (κ2) is 4.53. The fourth-order valence-electron chi connectivity index (χ4n) is 2.11. The Morgan fingerprint density at radius 1 is 1.00 bits per heavy atom. The van der Waals surface area contributed by atoms with Crippen LogP contribution in [0.4, 0.5) is 0 Å². The van der Waals surface area contributed by atoms with Crippen LogP contribution in [0.15, 0.2) is 0 Å². The fraction of sp³-hybridized carbons (Fsp3) is 1.00. The Morgan fingerprint density at radius 3 is 1.62 bits per heavy atom. The highest BCUT2D eigenvalue weighted by Crippen LogP contribution is 2.43. The first-order valence-corrected chi connectivity index (χ1v) is 5.75. The average Bonchev–Trinajstić information content (AvgIpc) is 2.00. The SMILES string of the molecule is BC(CC(C)(C)C)C(C)(CC)CC. The van der Waals surface area contributed by atoms with Crippen molar-refractivity contribution in [3.8, 4) is 0 Å². The molecule has 0 amide bonds. The quantitative estimate of drug-likeness (QED) is 0.582. The van der Waals surface area contributed by atoms with Gasteiger partial charge in [0, 0.05) is 0 Å². The molecule has 0 heterocycles. The zero-order valence-corrected chi connectivity index (χ0v) is 10.7. The topological polar surface area (TPSA) is 0 Å². The Bertz CT molecular complexity index is 140. The largest absolute Gasteiger partial charge is 0.106 e. The van der Waals surface area contributed by atoms with Crippen molar-refractivity contribution in [2.24, 2.45) is 10.8 Å². The van der Waals surface area contributed by atoms with Crippen molar-refractivity contribution in [3.05, 3.63) is 0 Å². The Hall–Kier alpha value is 0.0649. The van der Waals surface area contributed by atoms with Gasteiger partial charge in [0.15, 0.2) is 0 Å². The van der Waals surface area contributed by atoms with Crippen LogP contribution in [-0.4, -0.2) is 7.85 Å². The summed E-state index contributed by atoms with van der Waals surface area (Å²) in [5.41, 5.74) is 1.03. The van der Waals surface area contributed by atoms with Crippen molar-refractivity contribution in [2.75, 3.05) is 0 Å². The van der Waals surface area contributed by atoms with Gasteiger partial charge in [0.05, 0.1) is 0 Å². The van der Waals surface area contributed by atoms with Gasteiger partial charge < -0.3 is 0 Å². The molecular formula is C12H27B. The van der Waals surface area contributed by atoms with E-state index in [0.717, 1.165) is 5.82 Å². The van der Waals surface area contributed by atoms with E-state index in [1.165, 1.54) is 19.3 Å². The molecule has 0 nitrogen and oxygen atoms in total. The van der Waals surface area contributed by atoms with E-state index in [0.29, 0.717) is 10.8 Å². The van der Waals surface area contributed by atoms with Crippen molar-refractivity contribution in [2.45, 2.75) is 66.6 Å². The highest BCUT2D eigenvalue weighted by Gasteiger charge is 2.29. The third-order valence-corrected chi connectivity index (χ3v) is 3.72. The van der Waals surface area contributed by atoms with E-state index in [4.69, 9.17) is 0 Å². The van der Waals surface area contributed by atoms with Crippen molar-refractivity contribution < 1.29 is 0 Å². The third kappa shape index (κ3) is 4.20. The number of hydrogen-bond acceptors (Lipinski definition) is 0. The molecule has 1 heteroatoms. The smallest absolute Gasteiger partial charge is 0.0649 e. The minimum Gasteiger partial charge on any atom is -0.0649 e. The third-order valence-electron chi connectivity index (χ3n) is 3.72. The molecule has 0 aliphatic carbocycles. The maximum atomic E-state index is 2.43. The van der Waals surface area contributed by atoms with Crippen LogP contribution in [0.25, 0.3) is 0 Å². The lowest BCUT2D eigenvalue weighted by Crippen LogP contribution is -2.25. The summed E-state index contributed by atoms with van der Waals surface area (Å²) in [7, 11) is 2.41. The van der Waals surface area contributed by atoms with Crippen LogP contribution in [0.5, 0.6) is 0 Å². The molecular weight excluding hydrogens is 155 g/mol. The predicted octanol–water partition coefficient (Wildman–Crippen LogP) is 3.67. The van der Waals surface area contributed by atoms with E-state index >= 15 is 0 Å². The van der Waals surface area contributed by atoms with Gasteiger partial charge in [0.1, 0.15) is 7.85 Å². The molecule has 0 saturated heterocycles. The maximum absolute atomic E-state index is 2.43. The first-order chi connectivity index (χ1) is 5.75. The average molecular weight is 182 g/mol. The van der Waals surface area contributed by atoms with Gasteiger partial charge in [-0.25, -0.2) is 0 Å². The molecule has 0 aromatic carbocycles. The van der Waals surface area contributed by atoms with E-state index in [1.807, 2.05) is 0 Å². The van der Waals surface area contributed by atoms with Crippen molar-refractivity contribution in [1.82, 2.24) is 0 Å². The summed E-state index contributed by atoms with van der Waals surface area (Å²) in [5.74, 6) is 0.836. The standard InChI is InChI=1S/C12H27B/c1-7-12(6,8-2)10(13)9-11(3,4)5/h10H,7-9,13H2,1-6H3. The summed E-state index contributed by atoms with van der Waals surface area (Å²) < 4.78 is 0. The first kappa shape index (κ1) is 13.1. The zero-order valence-electron chi connectivity index (χ0n) is 10.7. The molecule has 0 saturated carbocycles. The van der Waals surface area contributed by atoms with Gasteiger partial charge in [-0.05, 0) is 10.8 Å². The molecule has 0 aliphatic rings. The van der Waals surface area contributed by atoms with Gasteiger partial charge >= 0.3 is 0 Å². The first-order valence-electron chi connectivity index (χ1n) is 5.75. The molecule has 0 N–H and O–H groups in total. The number of rotatable bonds is 4. The molecule has 0 radical (unpaired) electrons. The van der Waals surface area contributed by atoms with Crippen molar-refractivity contribution >= 4 is 7.85 Å².